The van der Waals surface area contributed by atoms with Crippen molar-refractivity contribution in [1.29, 1.82) is 0 Å². The van der Waals surface area contributed by atoms with Crippen LogP contribution in [0.5, 0.6) is 5.75 Å². The molecule has 2 heterocycles. The van der Waals surface area contributed by atoms with Crippen LogP contribution in [0.25, 0.3) is 5.57 Å². The number of H-pyrrole nitrogens is 1. The number of carbonyl (C=O) groups is 2. The lowest BCUT2D eigenvalue weighted by atomic mass is 9.91. The fraction of sp³-hybridized carbons (Fsp3) is 0.346. The lowest BCUT2D eigenvalue weighted by Gasteiger charge is -2.16. The molecular weight excluding hydrogens is 420 g/mol. The first-order chi connectivity index (χ1) is 15.7. The van der Waals surface area contributed by atoms with Crippen molar-refractivity contribution in [2.75, 3.05) is 20.3 Å². The first kappa shape index (κ1) is 24.0. The largest absolute Gasteiger partial charge is 0.497 e. The molecule has 0 bridgehead atoms. The lowest BCUT2D eigenvalue weighted by Crippen LogP contribution is -2.11. The van der Waals surface area contributed by atoms with Gasteiger partial charge in [-0.05, 0) is 82.5 Å². The Hall–Kier alpha value is -3.61. The number of ether oxygens (including phenoxy) is 3. The molecule has 0 unspecified atom stereocenters. The molecule has 0 spiro atoms. The predicted molar refractivity (Wildman–Crippen MR) is 128 cm³/mol. The monoisotopic (exact) mass is 450 g/mol. The maximum atomic E-state index is 12.5. The van der Waals surface area contributed by atoms with Crippen molar-refractivity contribution in [3.63, 3.8) is 0 Å². The van der Waals surface area contributed by atoms with Crippen molar-refractivity contribution in [3.8, 4) is 5.75 Å². The molecule has 33 heavy (non-hydrogen) atoms. The summed E-state index contributed by atoms with van der Waals surface area (Å²) >= 11 is 0. The average Bonchev–Trinajstić information content (AvgIpc) is 3.33. The van der Waals surface area contributed by atoms with Gasteiger partial charge >= 0.3 is 11.9 Å². The van der Waals surface area contributed by atoms with Crippen LogP contribution in [0.2, 0.25) is 0 Å². The van der Waals surface area contributed by atoms with Crippen LogP contribution >= 0.6 is 0 Å². The highest BCUT2D eigenvalue weighted by Gasteiger charge is 2.26. The van der Waals surface area contributed by atoms with E-state index in [-0.39, 0.29) is 12.6 Å². The first-order valence-corrected chi connectivity index (χ1v) is 10.9. The highest BCUT2D eigenvalue weighted by molar-refractivity contribution is 6.21. The third kappa shape index (κ3) is 4.77. The summed E-state index contributed by atoms with van der Waals surface area (Å²) < 4.78 is 15.8. The number of aliphatic imine (C=N–C) groups is 1. The number of nitrogens with zero attached hydrogens (tertiary/aromatic N) is 1. The number of esters is 2. The molecule has 174 valence electrons. The maximum Gasteiger partial charge on any atom is 0.340 e. The van der Waals surface area contributed by atoms with Gasteiger partial charge in [-0.15, -0.1) is 0 Å². The number of nitrogens with one attached hydrogen (secondary N) is 1. The Bertz CT molecular complexity index is 1170. The number of rotatable bonds is 7. The molecule has 7 heteroatoms. The second kappa shape index (κ2) is 9.90. The van der Waals surface area contributed by atoms with Crippen molar-refractivity contribution in [3.05, 3.63) is 69.2 Å². The standard InChI is InChI=1S/C26H30N2O5/c1-8-32-25(29)19-12-21(27-16(19)5)24(23-14(3)10-18(31-7)11-15(23)4)22-13-20(17(6)28-22)26(30)33-9-2/h10-13,27H,8-9H2,1-7H3/b24-22+. The Kier molecular flexibility index (Phi) is 7.21. The van der Waals surface area contributed by atoms with Crippen LogP contribution in [0.1, 0.15) is 59.2 Å². The van der Waals surface area contributed by atoms with Crippen LogP contribution in [-0.4, -0.2) is 43.0 Å². The van der Waals surface area contributed by atoms with E-state index in [0.717, 1.165) is 28.0 Å². The van der Waals surface area contributed by atoms with Gasteiger partial charge < -0.3 is 19.2 Å². The van der Waals surface area contributed by atoms with Gasteiger partial charge in [0.15, 0.2) is 0 Å². The van der Waals surface area contributed by atoms with Crippen molar-refractivity contribution in [2.45, 2.75) is 41.5 Å². The van der Waals surface area contributed by atoms with E-state index < -0.39 is 5.97 Å². The van der Waals surface area contributed by atoms with Gasteiger partial charge in [-0.2, -0.15) is 0 Å². The third-order valence-corrected chi connectivity index (χ3v) is 5.48. The topological polar surface area (TPSA) is 90.0 Å². The van der Waals surface area contributed by atoms with Crippen LogP contribution in [0.3, 0.4) is 0 Å². The molecule has 0 radical (unpaired) electrons. The number of aromatic amines is 1. The van der Waals surface area contributed by atoms with E-state index in [1.54, 1.807) is 40.0 Å². The molecule has 0 atom stereocenters. The summed E-state index contributed by atoms with van der Waals surface area (Å²) in [6.45, 7) is 11.7. The van der Waals surface area contributed by atoms with Gasteiger partial charge in [0.25, 0.3) is 0 Å². The van der Waals surface area contributed by atoms with Gasteiger partial charge in [-0.3, -0.25) is 4.99 Å². The second-order valence-electron chi connectivity index (χ2n) is 7.81. The number of methoxy groups -OCH3 is 1. The van der Waals surface area contributed by atoms with Crippen LogP contribution in [0.4, 0.5) is 0 Å². The van der Waals surface area contributed by atoms with Crippen LogP contribution in [-0.2, 0) is 14.3 Å². The summed E-state index contributed by atoms with van der Waals surface area (Å²) in [7, 11) is 1.63. The van der Waals surface area contributed by atoms with E-state index in [4.69, 9.17) is 19.2 Å². The summed E-state index contributed by atoms with van der Waals surface area (Å²) in [4.78, 5) is 32.9. The van der Waals surface area contributed by atoms with Gasteiger partial charge in [0.1, 0.15) is 5.75 Å². The fourth-order valence-corrected chi connectivity index (χ4v) is 4.01. The van der Waals surface area contributed by atoms with Crippen LogP contribution in [0, 0.1) is 20.8 Å². The Balaban J connectivity index is 2.29. The van der Waals surface area contributed by atoms with E-state index in [9.17, 15) is 9.59 Å². The van der Waals surface area contributed by atoms with Gasteiger partial charge in [-0.1, -0.05) is 0 Å². The summed E-state index contributed by atoms with van der Waals surface area (Å²) in [6, 6.07) is 5.68. The summed E-state index contributed by atoms with van der Waals surface area (Å²) in [5, 5.41) is 0. The normalized spacial score (nSPS) is 14.5. The van der Waals surface area contributed by atoms with Gasteiger partial charge in [0, 0.05) is 17.0 Å². The highest BCUT2D eigenvalue weighted by Crippen LogP contribution is 2.37. The van der Waals surface area contributed by atoms with Gasteiger partial charge in [-0.25, -0.2) is 9.59 Å². The molecule has 7 nitrogen and oxygen atoms in total. The molecule has 2 aromatic rings. The molecule has 1 aromatic heterocycles. The van der Waals surface area contributed by atoms with E-state index in [1.807, 2.05) is 32.9 Å². The van der Waals surface area contributed by atoms with E-state index in [1.165, 1.54) is 0 Å². The molecule has 0 aliphatic carbocycles. The Morgan fingerprint density at radius 3 is 2.12 bits per heavy atom. The molecule has 0 saturated heterocycles. The zero-order valence-electron chi connectivity index (χ0n) is 20.2. The van der Waals surface area contributed by atoms with Crippen molar-refractivity contribution in [1.82, 2.24) is 4.98 Å². The molecule has 1 N–H and O–H groups in total. The number of hydrogen-bond donors (Lipinski definition) is 1. The minimum atomic E-state index is -0.411. The third-order valence-electron chi connectivity index (χ3n) is 5.48. The number of carbonyl (C=O) groups excluding carboxylic acids is 2. The molecule has 0 saturated carbocycles. The van der Waals surface area contributed by atoms with Crippen molar-refractivity contribution < 1.29 is 23.8 Å². The lowest BCUT2D eigenvalue weighted by molar-refractivity contribution is -0.137. The van der Waals surface area contributed by atoms with E-state index >= 15 is 0 Å². The number of aromatic nitrogens is 1. The highest BCUT2D eigenvalue weighted by atomic mass is 16.5. The second-order valence-corrected chi connectivity index (χ2v) is 7.81. The molecule has 1 aromatic carbocycles. The summed E-state index contributed by atoms with van der Waals surface area (Å²) in [5.74, 6) is -0.0492. The fourth-order valence-electron chi connectivity index (χ4n) is 4.01. The van der Waals surface area contributed by atoms with Crippen molar-refractivity contribution >= 4 is 23.2 Å². The predicted octanol–water partition coefficient (Wildman–Crippen LogP) is 4.85. The Morgan fingerprint density at radius 1 is 0.939 bits per heavy atom. The smallest absolute Gasteiger partial charge is 0.340 e. The minimum absolute atomic E-state index is 0.283. The minimum Gasteiger partial charge on any atom is -0.497 e. The molecule has 0 fully saturated rings. The van der Waals surface area contributed by atoms with E-state index in [2.05, 4.69) is 4.98 Å². The Labute approximate surface area is 194 Å². The molecule has 1 aliphatic rings. The molecular formula is C26H30N2O5. The number of allylic oxidation sites excluding steroid dienone is 1. The van der Waals surface area contributed by atoms with Gasteiger partial charge in [0.2, 0.25) is 0 Å². The maximum absolute atomic E-state index is 12.5. The molecule has 3 rings (SSSR count). The first-order valence-electron chi connectivity index (χ1n) is 10.9. The van der Waals surface area contributed by atoms with Crippen molar-refractivity contribution in [2.24, 2.45) is 4.99 Å². The quantitative estimate of drug-likeness (QED) is 0.609. The number of benzene rings is 1. The van der Waals surface area contributed by atoms with Crippen LogP contribution in [0.15, 0.2) is 40.5 Å². The number of aryl methyl sites for hydroxylation is 3. The zero-order valence-corrected chi connectivity index (χ0v) is 20.2. The molecule has 1 aliphatic heterocycles. The van der Waals surface area contributed by atoms with E-state index in [0.29, 0.717) is 40.5 Å². The summed E-state index contributed by atoms with van der Waals surface area (Å²) in [5.41, 5.74) is 7.16. The Morgan fingerprint density at radius 2 is 1.55 bits per heavy atom. The number of hydrogen-bond acceptors (Lipinski definition) is 6. The van der Waals surface area contributed by atoms with Crippen LogP contribution < -0.4 is 4.74 Å². The van der Waals surface area contributed by atoms with Gasteiger partial charge in [0.05, 0.1) is 42.9 Å². The zero-order chi connectivity index (χ0) is 24.3. The summed E-state index contributed by atoms with van der Waals surface area (Å²) in [6.07, 6.45) is 1.74. The molecule has 0 amide bonds. The SMILES string of the molecule is CCOC(=O)C1=C/C(=C(/c2cc(C(=O)OCC)c(C)[nH]2)c2c(C)cc(OC)cc2C)N=C1C. The average molecular weight is 451 g/mol.